The highest BCUT2D eigenvalue weighted by molar-refractivity contribution is 9.10. The Hall–Kier alpha value is -4.11. The lowest BCUT2D eigenvalue weighted by Crippen LogP contribution is -2.26. The predicted molar refractivity (Wildman–Crippen MR) is 149 cm³/mol. The number of pyridine rings is 1. The van der Waals surface area contributed by atoms with Crippen LogP contribution in [0.1, 0.15) is 26.3 Å². The molecule has 188 valence electrons. The molecule has 0 atom stereocenters. The Balaban J connectivity index is 1.42. The second-order valence-electron chi connectivity index (χ2n) is 9.65. The topological polar surface area (TPSA) is 90.2 Å². The van der Waals surface area contributed by atoms with Gasteiger partial charge >= 0.3 is 12.1 Å². The van der Waals surface area contributed by atoms with Crippen molar-refractivity contribution in [3.8, 4) is 0 Å². The molecule has 0 aliphatic carbocycles. The van der Waals surface area contributed by atoms with E-state index in [2.05, 4.69) is 36.1 Å². The van der Waals surface area contributed by atoms with Crippen molar-refractivity contribution in [2.24, 2.45) is 0 Å². The number of anilines is 2. The molecule has 0 fully saturated rings. The number of rotatable bonds is 4. The third kappa shape index (κ3) is 5.36. The van der Waals surface area contributed by atoms with Crippen LogP contribution in [-0.2, 0) is 11.3 Å². The second-order valence-corrected chi connectivity index (χ2v) is 10.6. The van der Waals surface area contributed by atoms with Gasteiger partial charge in [0.15, 0.2) is 0 Å². The fourth-order valence-electron chi connectivity index (χ4n) is 4.21. The Morgan fingerprint density at radius 1 is 1.00 bits per heavy atom. The Labute approximate surface area is 222 Å². The highest BCUT2D eigenvalue weighted by Gasteiger charge is 2.21. The molecule has 3 heterocycles. The average Bonchev–Trinajstić information content (AvgIpc) is 3.41. The average molecular weight is 560 g/mol. The summed E-state index contributed by atoms with van der Waals surface area (Å²) in [4.78, 5) is 29.9. The first-order valence-corrected chi connectivity index (χ1v) is 12.6. The number of urea groups is 1. The summed E-state index contributed by atoms with van der Waals surface area (Å²) < 4.78 is 10.00. The lowest BCUT2D eigenvalue weighted by atomic mass is 10.2. The number of nitrogens with zero attached hydrogens (tertiary/aromatic N) is 3. The van der Waals surface area contributed by atoms with Gasteiger partial charge < -0.3 is 19.9 Å². The summed E-state index contributed by atoms with van der Waals surface area (Å²) in [6.45, 7) is 6.01. The fourth-order valence-corrected chi connectivity index (χ4v) is 4.61. The molecular weight excluding hydrogens is 534 g/mol. The maximum atomic E-state index is 12.8. The smallest absolute Gasteiger partial charge is 0.420 e. The predicted octanol–water partition coefficient (Wildman–Crippen LogP) is 7.23. The van der Waals surface area contributed by atoms with Gasteiger partial charge in [0.25, 0.3) is 0 Å². The number of amides is 2. The molecule has 2 N–H and O–H groups in total. The molecule has 37 heavy (non-hydrogen) atoms. The van der Waals surface area contributed by atoms with Crippen molar-refractivity contribution in [1.29, 1.82) is 0 Å². The van der Waals surface area contributed by atoms with Crippen molar-refractivity contribution < 1.29 is 14.3 Å². The number of hydrogen-bond donors (Lipinski definition) is 2. The molecule has 5 aromatic rings. The van der Waals surface area contributed by atoms with Crippen LogP contribution in [0.3, 0.4) is 0 Å². The van der Waals surface area contributed by atoms with E-state index in [0.717, 1.165) is 26.3 Å². The molecule has 2 amide bonds. The minimum absolute atomic E-state index is 0.329. The molecule has 0 saturated heterocycles. The minimum atomic E-state index is -0.619. The van der Waals surface area contributed by atoms with Crippen molar-refractivity contribution in [2.75, 3.05) is 10.6 Å². The monoisotopic (exact) mass is 559 g/mol. The number of fused-ring (bicyclic) bond motifs is 2. The summed E-state index contributed by atoms with van der Waals surface area (Å²) in [7, 11) is 0. The lowest BCUT2D eigenvalue weighted by Gasteiger charge is -2.19. The van der Waals surface area contributed by atoms with Gasteiger partial charge in [0.05, 0.1) is 11.2 Å². The van der Waals surface area contributed by atoms with E-state index in [9.17, 15) is 9.59 Å². The molecule has 9 heteroatoms. The van der Waals surface area contributed by atoms with Crippen LogP contribution in [0.2, 0.25) is 0 Å². The van der Waals surface area contributed by atoms with Gasteiger partial charge in [-0.25, -0.2) is 19.1 Å². The van der Waals surface area contributed by atoms with E-state index in [4.69, 9.17) is 4.74 Å². The van der Waals surface area contributed by atoms with Gasteiger partial charge in [-0.2, -0.15) is 0 Å². The zero-order valence-corrected chi connectivity index (χ0v) is 22.2. The number of aromatic nitrogens is 3. The molecule has 0 aliphatic heterocycles. The molecule has 0 bridgehead atoms. The molecule has 0 radical (unpaired) electrons. The van der Waals surface area contributed by atoms with Gasteiger partial charge in [-0.15, -0.1) is 0 Å². The molecule has 5 rings (SSSR count). The summed E-state index contributed by atoms with van der Waals surface area (Å²) >= 11 is 3.41. The number of ether oxygens (including phenoxy) is 1. The van der Waals surface area contributed by atoms with Crippen molar-refractivity contribution in [1.82, 2.24) is 14.1 Å². The van der Waals surface area contributed by atoms with E-state index in [1.54, 1.807) is 12.4 Å². The van der Waals surface area contributed by atoms with Crippen LogP contribution in [0.5, 0.6) is 0 Å². The molecule has 0 spiro atoms. The van der Waals surface area contributed by atoms with Crippen LogP contribution in [0.4, 0.5) is 21.0 Å². The number of carbonyl (C=O) groups is 2. The second kappa shape index (κ2) is 9.74. The van der Waals surface area contributed by atoms with E-state index < -0.39 is 11.7 Å². The summed E-state index contributed by atoms with van der Waals surface area (Å²) in [6, 6.07) is 18.6. The Morgan fingerprint density at radius 3 is 2.59 bits per heavy atom. The Bertz CT molecular complexity index is 1630. The van der Waals surface area contributed by atoms with Crippen molar-refractivity contribution >= 4 is 61.4 Å². The number of hydrogen-bond acceptors (Lipinski definition) is 4. The van der Waals surface area contributed by atoms with Crippen molar-refractivity contribution in [3.63, 3.8) is 0 Å². The van der Waals surface area contributed by atoms with E-state index in [1.807, 2.05) is 87.6 Å². The first kappa shape index (κ1) is 24.6. The number of halogens is 1. The zero-order chi connectivity index (χ0) is 26.2. The quantitative estimate of drug-likeness (QED) is 0.243. The molecule has 0 saturated carbocycles. The van der Waals surface area contributed by atoms with Crippen molar-refractivity contribution in [2.45, 2.75) is 32.9 Å². The first-order chi connectivity index (χ1) is 17.7. The van der Waals surface area contributed by atoms with Gasteiger partial charge in [0.1, 0.15) is 11.2 Å². The number of carbonyl (C=O) groups excluding carboxylic acids is 2. The highest BCUT2D eigenvalue weighted by Crippen LogP contribution is 2.28. The van der Waals surface area contributed by atoms with E-state index in [-0.39, 0.29) is 6.03 Å². The van der Waals surface area contributed by atoms with Crippen LogP contribution in [0, 0.1) is 0 Å². The molecule has 8 nitrogen and oxygen atoms in total. The van der Waals surface area contributed by atoms with Gasteiger partial charge in [0, 0.05) is 46.1 Å². The van der Waals surface area contributed by atoms with Gasteiger partial charge in [-0.3, -0.25) is 0 Å². The standard InChI is InChI=1S/C28H26BrN5O3/c1-28(2,3)37-27(36)34-17-18(21-9-6-13-30-25(21)34)16-33-14-12-22-23(10-5-11-24(22)33)32-26(35)31-20-8-4-7-19(29)15-20/h4-15,17H,16H2,1-3H3,(H2,31,32,35). The maximum absolute atomic E-state index is 12.8. The minimum Gasteiger partial charge on any atom is -0.443 e. The largest absolute Gasteiger partial charge is 0.443 e. The summed E-state index contributed by atoms with van der Waals surface area (Å²) in [5.41, 5.74) is 3.19. The van der Waals surface area contributed by atoms with Crippen molar-refractivity contribution in [3.05, 3.63) is 89.3 Å². The van der Waals surface area contributed by atoms with Gasteiger partial charge in [-0.05, 0) is 74.9 Å². The molecule has 3 aromatic heterocycles. The lowest BCUT2D eigenvalue weighted by molar-refractivity contribution is 0.0543. The number of benzene rings is 2. The normalized spacial score (nSPS) is 11.6. The summed E-state index contributed by atoms with van der Waals surface area (Å²) in [5.74, 6) is 0. The zero-order valence-electron chi connectivity index (χ0n) is 20.7. The van der Waals surface area contributed by atoms with E-state index >= 15 is 0 Å². The Kier molecular flexibility index (Phi) is 6.47. The molecule has 0 aliphatic rings. The third-order valence-corrected chi connectivity index (χ3v) is 6.21. The van der Waals surface area contributed by atoms with Crippen LogP contribution < -0.4 is 10.6 Å². The summed E-state index contributed by atoms with van der Waals surface area (Å²) in [6.07, 6.45) is 4.94. The SMILES string of the molecule is CC(C)(C)OC(=O)n1cc(Cn2ccc3c(NC(=O)Nc4cccc(Br)c4)cccc32)c2cccnc21. The number of nitrogens with one attached hydrogen (secondary N) is 2. The van der Waals surface area contributed by atoms with Crippen LogP contribution in [0.25, 0.3) is 21.9 Å². The van der Waals surface area contributed by atoms with E-state index in [1.165, 1.54) is 4.57 Å². The summed E-state index contributed by atoms with van der Waals surface area (Å²) in [5, 5.41) is 7.57. The molecular formula is C28H26BrN5O3. The fraction of sp³-hybridized carbons (Fsp3) is 0.179. The highest BCUT2D eigenvalue weighted by atomic mass is 79.9. The Morgan fingerprint density at radius 2 is 1.81 bits per heavy atom. The van der Waals surface area contributed by atoms with Crippen LogP contribution in [0.15, 0.2) is 83.7 Å². The van der Waals surface area contributed by atoms with Gasteiger partial charge in [0.2, 0.25) is 0 Å². The molecule has 2 aromatic carbocycles. The van der Waals surface area contributed by atoms with Crippen LogP contribution >= 0.6 is 15.9 Å². The van der Waals surface area contributed by atoms with Gasteiger partial charge in [-0.1, -0.05) is 28.1 Å². The first-order valence-electron chi connectivity index (χ1n) is 11.8. The van der Waals surface area contributed by atoms with Crippen LogP contribution in [-0.4, -0.2) is 31.8 Å². The molecule has 0 unspecified atom stereocenters. The third-order valence-electron chi connectivity index (χ3n) is 5.72. The van der Waals surface area contributed by atoms with E-state index in [0.29, 0.717) is 23.6 Å². The maximum Gasteiger partial charge on any atom is 0.420 e.